The van der Waals surface area contributed by atoms with Gasteiger partial charge in [-0.1, -0.05) is 0 Å². The van der Waals surface area contributed by atoms with Crippen molar-refractivity contribution in [1.82, 2.24) is 9.88 Å². The molecule has 1 aliphatic heterocycles. The summed E-state index contributed by atoms with van der Waals surface area (Å²) in [5.41, 5.74) is 0.932. The van der Waals surface area contributed by atoms with E-state index >= 15 is 0 Å². The number of nitrogens with zero attached hydrogens (tertiary/aromatic N) is 2. The average molecular weight is 194 g/mol. The molecule has 2 rings (SSSR count). The molecule has 0 atom stereocenters. The van der Waals surface area contributed by atoms with Crippen molar-refractivity contribution in [1.29, 1.82) is 0 Å². The first-order chi connectivity index (χ1) is 6.65. The summed E-state index contributed by atoms with van der Waals surface area (Å²) in [6.45, 7) is 5.88. The Bertz CT molecular complexity index is 357. The fourth-order valence-corrected chi connectivity index (χ4v) is 1.75. The van der Waals surface area contributed by atoms with Crippen molar-refractivity contribution in [2.75, 3.05) is 13.1 Å². The molecule has 0 aliphatic carbocycles. The van der Waals surface area contributed by atoms with Gasteiger partial charge in [-0.05, 0) is 6.92 Å². The van der Waals surface area contributed by atoms with Crippen LogP contribution in [0.2, 0.25) is 0 Å². The molecule has 4 nitrogen and oxygen atoms in total. The summed E-state index contributed by atoms with van der Waals surface area (Å²) in [5, 5.41) is 0. The number of likely N-dealkylation sites (tertiary alicyclic amines) is 1. The van der Waals surface area contributed by atoms with E-state index in [2.05, 4.69) is 9.88 Å². The van der Waals surface area contributed by atoms with Gasteiger partial charge in [0, 0.05) is 19.9 Å². The number of oxazole rings is 1. The fourth-order valence-electron chi connectivity index (χ4n) is 1.75. The van der Waals surface area contributed by atoms with Crippen LogP contribution in [-0.2, 0) is 11.3 Å². The Labute approximate surface area is 82.9 Å². The second-order valence-corrected chi connectivity index (χ2v) is 3.74. The molecule has 1 fully saturated rings. The van der Waals surface area contributed by atoms with Gasteiger partial charge in [-0.3, -0.25) is 9.69 Å². The normalized spacial score (nSPS) is 18.0. The monoisotopic (exact) mass is 194 g/mol. The Balaban J connectivity index is 2.04. The number of Topliss-reactive ketones (excluding diaryl/α,β-unsaturated/α-hetero) is 1. The van der Waals surface area contributed by atoms with Crippen LogP contribution in [0.1, 0.15) is 23.8 Å². The first kappa shape index (κ1) is 9.40. The summed E-state index contributed by atoms with van der Waals surface area (Å²) in [6, 6.07) is 0. The highest BCUT2D eigenvalue weighted by atomic mass is 16.4. The minimum Gasteiger partial charge on any atom is -0.444 e. The number of hydrogen-bond donors (Lipinski definition) is 0. The van der Waals surface area contributed by atoms with Crippen LogP contribution >= 0.6 is 0 Å². The molecule has 2 heterocycles. The van der Waals surface area contributed by atoms with E-state index in [4.69, 9.17) is 4.42 Å². The molecular weight excluding hydrogens is 180 g/mol. The zero-order valence-corrected chi connectivity index (χ0v) is 8.54. The highest BCUT2D eigenvalue weighted by molar-refractivity contribution is 5.82. The molecule has 0 N–H and O–H groups in total. The molecule has 1 aromatic heterocycles. The van der Waals surface area contributed by atoms with Crippen molar-refractivity contribution in [2.24, 2.45) is 0 Å². The van der Waals surface area contributed by atoms with Gasteiger partial charge < -0.3 is 4.42 Å². The highest BCUT2D eigenvalue weighted by Gasteiger charge is 2.21. The first-order valence-electron chi connectivity index (χ1n) is 4.82. The van der Waals surface area contributed by atoms with Gasteiger partial charge in [0.2, 0.25) is 0 Å². The minimum atomic E-state index is 0.318. The summed E-state index contributed by atoms with van der Waals surface area (Å²) in [5.74, 6) is 1.90. The smallest absolute Gasteiger partial charge is 0.191 e. The van der Waals surface area contributed by atoms with Gasteiger partial charge >= 0.3 is 0 Å². The summed E-state index contributed by atoms with van der Waals surface area (Å²) in [7, 11) is 0. The molecule has 0 amide bonds. The standard InChI is InChI=1S/C10H14N2O2/c1-7-10(14-8(2)11-7)6-12-4-3-9(13)5-12/h3-6H2,1-2H3. The summed E-state index contributed by atoms with van der Waals surface area (Å²) in [4.78, 5) is 17.3. The second-order valence-electron chi connectivity index (χ2n) is 3.74. The molecule has 0 bridgehead atoms. The molecule has 0 aromatic carbocycles. The Morgan fingerprint density at radius 3 is 2.79 bits per heavy atom. The van der Waals surface area contributed by atoms with E-state index in [1.165, 1.54) is 0 Å². The average Bonchev–Trinajstić information content (AvgIpc) is 2.61. The number of carbonyl (C=O) groups is 1. The summed E-state index contributed by atoms with van der Waals surface area (Å²) < 4.78 is 5.45. The van der Waals surface area contributed by atoms with Crippen LogP contribution in [-0.4, -0.2) is 28.8 Å². The number of hydrogen-bond acceptors (Lipinski definition) is 4. The zero-order valence-electron chi connectivity index (χ0n) is 8.54. The molecule has 0 spiro atoms. The van der Waals surface area contributed by atoms with Gasteiger partial charge in [-0.15, -0.1) is 0 Å². The van der Waals surface area contributed by atoms with E-state index in [9.17, 15) is 4.79 Å². The lowest BCUT2D eigenvalue weighted by molar-refractivity contribution is -0.116. The molecule has 4 heteroatoms. The first-order valence-corrected chi connectivity index (χ1v) is 4.82. The molecule has 1 aromatic rings. The lowest BCUT2D eigenvalue weighted by atomic mass is 10.3. The van der Waals surface area contributed by atoms with Crippen molar-refractivity contribution < 1.29 is 9.21 Å². The highest BCUT2D eigenvalue weighted by Crippen LogP contribution is 2.14. The SMILES string of the molecule is Cc1nc(C)c(CN2CCC(=O)C2)o1. The third-order valence-corrected chi connectivity index (χ3v) is 2.47. The lowest BCUT2D eigenvalue weighted by Gasteiger charge is -2.10. The molecule has 0 unspecified atom stereocenters. The Hall–Kier alpha value is -1.16. The number of carbonyl (C=O) groups excluding carboxylic acids is 1. The fraction of sp³-hybridized carbons (Fsp3) is 0.600. The maximum Gasteiger partial charge on any atom is 0.191 e. The van der Waals surface area contributed by atoms with E-state index in [1.54, 1.807) is 0 Å². The lowest BCUT2D eigenvalue weighted by Crippen LogP contribution is -2.20. The zero-order chi connectivity index (χ0) is 10.1. The van der Waals surface area contributed by atoms with Gasteiger partial charge in [-0.2, -0.15) is 0 Å². The van der Waals surface area contributed by atoms with Crippen molar-refractivity contribution in [3.8, 4) is 0 Å². The number of ketones is 1. The molecule has 14 heavy (non-hydrogen) atoms. The van der Waals surface area contributed by atoms with E-state index in [-0.39, 0.29) is 0 Å². The van der Waals surface area contributed by atoms with Crippen LogP contribution in [0.3, 0.4) is 0 Å². The van der Waals surface area contributed by atoms with Crippen LogP contribution in [0.15, 0.2) is 4.42 Å². The largest absolute Gasteiger partial charge is 0.444 e. The molecule has 0 radical (unpaired) electrons. The third kappa shape index (κ3) is 1.85. The van der Waals surface area contributed by atoms with Crippen molar-refractivity contribution in [2.45, 2.75) is 26.8 Å². The quantitative estimate of drug-likeness (QED) is 0.706. The Morgan fingerprint density at radius 1 is 1.50 bits per heavy atom. The van der Waals surface area contributed by atoms with Crippen molar-refractivity contribution >= 4 is 5.78 Å². The topological polar surface area (TPSA) is 46.3 Å². The maximum atomic E-state index is 11.0. The van der Waals surface area contributed by atoms with Crippen LogP contribution in [0, 0.1) is 13.8 Å². The van der Waals surface area contributed by atoms with Crippen LogP contribution < -0.4 is 0 Å². The van der Waals surface area contributed by atoms with E-state index in [0.29, 0.717) is 31.2 Å². The summed E-state index contributed by atoms with van der Waals surface area (Å²) in [6.07, 6.45) is 0.673. The second kappa shape index (κ2) is 3.53. The van der Waals surface area contributed by atoms with Crippen LogP contribution in [0.4, 0.5) is 0 Å². The van der Waals surface area contributed by atoms with Gasteiger partial charge in [0.25, 0.3) is 0 Å². The molecule has 0 saturated carbocycles. The van der Waals surface area contributed by atoms with Crippen LogP contribution in [0.25, 0.3) is 0 Å². The molecular formula is C10H14N2O2. The van der Waals surface area contributed by atoms with Gasteiger partial charge in [-0.25, -0.2) is 4.98 Å². The predicted molar refractivity (Wildman–Crippen MR) is 50.9 cm³/mol. The number of aryl methyl sites for hydroxylation is 2. The third-order valence-electron chi connectivity index (χ3n) is 2.47. The predicted octanol–water partition coefficient (Wildman–Crippen LogP) is 1.07. The number of rotatable bonds is 2. The molecule has 76 valence electrons. The maximum absolute atomic E-state index is 11.0. The van der Waals surface area contributed by atoms with Gasteiger partial charge in [0.15, 0.2) is 5.89 Å². The van der Waals surface area contributed by atoms with E-state index in [0.717, 1.165) is 18.0 Å². The van der Waals surface area contributed by atoms with Crippen molar-refractivity contribution in [3.05, 3.63) is 17.3 Å². The van der Waals surface area contributed by atoms with E-state index in [1.807, 2.05) is 13.8 Å². The van der Waals surface area contributed by atoms with Gasteiger partial charge in [0.05, 0.1) is 18.8 Å². The van der Waals surface area contributed by atoms with Gasteiger partial charge in [0.1, 0.15) is 11.5 Å². The van der Waals surface area contributed by atoms with Crippen molar-refractivity contribution in [3.63, 3.8) is 0 Å². The Morgan fingerprint density at radius 2 is 2.29 bits per heavy atom. The summed E-state index contributed by atoms with van der Waals surface area (Å²) >= 11 is 0. The van der Waals surface area contributed by atoms with E-state index < -0.39 is 0 Å². The molecule has 1 aliphatic rings. The number of aromatic nitrogens is 1. The molecule has 1 saturated heterocycles. The minimum absolute atomic E-state index is 0.318. The Kier molecular flexibility index (Phi) is 2.37. The van der Waals surface area contributed by atoms with Crippen LogP contribution in [0.5, 0.6) is 0 Å².